The van der Waals surface area contributed by atoms with Gasteiger partial charge in [0.25, 0.3) is 10.2 Å². The average Bonchev–Trinajstić information content (AvgIpc) is 2.27. The topological polar surface area (TPSA) is 66.9 Å². The molecular weight excluding hydrogens is 256 g/mol. The second-order valence-corrected chi connectivity index (χ2v) is 6.24. The Hall–Kier alpha value is -0.660. The van der Waals surface area contributed by atoms with E-state index in [2.05, 4.69) is 0 Å². The van der Waals surface area contributed by atoms with Crippen LogP contribution in [0, 0.1) is 0 Å². The Morgan fingerprint density at radius 3 is 2.22 bits per heavy atom. The molecule has 0 atom stereocenters. The number of rotatable bonds is 8. The monoisotopic (exact) mass is 280 g/mol. The van der Waals surface area contributed by atoms with Crippen LogP contribution in [0.4, 0.5) is 0 Å². The van der Waals surface area contributed by atoms with Gasteiger partial charge in [0.05, 0.1) is 6.61 Å². The van der Waals surface area contributed by atoms with E-state index < -0.39 is 16.2 Å². The highest BCUT2D eigenvalue weighted by atomic mass is 32.2. The Bertz CT molecular complexity index is 354. The van der Waals surface area contributed by atoms with Crippen molar-refractivity contribution >= 4 is 16.2 Å². The normalized spacial score (nSPS) is 12.4. The summed E-state index contributed by atoms with van der Waals surface area (Å²) in [6, 6.07) is -0.156. The fourth-order valence-electron chi connectivity index (χ4n) is 1.32. The minimum absolute atomic E-state index is 0.156. The summed E-state index contributed by atoms with van der Waals surface area (Å²) in [5.41, 5.74) is 0. The molecule has 7 heteroatoms. The quantitative estimate of drug-likeness (QED) is 0.618. The minimum Gasteiger partial charge on any atom is -0.465 e. The van der Waals surface area contributed by atoms with E-state index in [4.69, 9.17) is 4.74 Å². The lowest BCUT2D eigenvalue weighted by atomic mass is 10.4. The second-order valence-electron chi connectivity index (χ2n) is 4.26. The fourth-order valence-corrected chi connectivity index (χ4v) is 2.90. The summed E-state index contributed by atoms with van der Waals surface area (Å²) >= 11 is 0. The molecule has 0 N–H and O–H groups in total. The third kappa shape index (κ3) is 4.91. The molecule has 0 aliphatic rings. The van der Waals surface area contributed by atoms with Crippen molar-refractivity contribution in [1.82, 2.24) is 8.61 Å². The van der Waals surface area contributed by atoms with Crippen LogP contribution in [0.2, 0.25) is 0 Å². The van der Waals surface area contributed by atoms with Crippen molar-refractivity contribution in [2.75, 3.05) is 26.7 Å². The molecular formula is C11H24N2O4S. The van der Waals surface area contributed by atoms with Crippen LogP contribution in [0.25, 0.3) is 0 Å². The lowest BCUT2D eigenvalue weighted by Gasteiger charge is -2.28. The van der Waals surface area contributed by atoms with Gasteiger partial charge < -0.3 is 4.74 Å². The zero-order valence-corrected chi connectivity index (χ0v) is 12.7. The molecule has 18 heavy (non-hydrogen) atoms. The maximum Gasteiger partial charge on any atom is 0.321 e. The molecule has 0 bridgehead atoms. The molecule has 0 saturated carbocycles. The molecule has 0 aromatic rings. The van der Waals surface area contributed by atoms with Gasteiger partial charge in [0, 0.05) is 19.6 Å². The first-order valence-electron chi connectivity index (χ1n) is 6.16. The summed E-state index contributed by atoms with van der Waals surface area (Å²) < 4.78 is 31.7. The van der Waals surface area contributed by atoms with Crippen LogP contribution in [0.3, 0.4) is 0 Å². The second kappa shape index (κ2) is 7.70. The highest BCUT2D eigenvalue weighted by Gasteiger charge is 2.29. The van der Waals surface area contributed by atoms with E-state index in [0.717, 1.165) is 4.31 Å². The SMILES string of the molecule is CCCN(CC(=O)OCC)S(=O)(=O)N(C)C(C)C. The van der Waals surface area contributed by atoms with Crippen LogP contribution in [0.15, 0.2) is 0 Å². The van der Waals surface area contributed by atoms with Crippen molar-refractivity contribution in [3.63, 3.8) is 0 Å². The van der Waals surface area contributed by atoms with Crippen molar-refractivity contribution in [2.45, 2.75) is 40.2 Å². The number of nitrogens with zero attached hydrogens (tertiary/aromatic N) is 2. The lowest BCUT2D eigenvalue weighted by molar-refractivity contribution is -0.143. The molecule has 6 nitrogen and oxygen atoms in total. The summed E-state index contributed by atoms with van der Waals surface area (Å²) in [6.45, 7) is 7.44. The van der Waals surface area contributed by atoms with Crippen molar-refractivity contribution < 1.29 is 17.9 Å². The maximum absolute atomic E-state index is 12.2. The van der Waals surface area contributed by atoms with Gasteiger partial charge in [-0.15, -0.1) is 0 Å². The predicted molar refractivity (Wildman–Crippen MR) is 70.3 cm³/mol. The number of carbonyl (C=O) groups is 1. The summed E-state index contributed by atoms with van der Waals surface area (Å²) in [5.74, 6) is -0.522. The van der Waals surface area contributed by atoms with Gasteiger partial charge in [-0.3, -0.25) is 4.79 Å². The Morgan fingerprint density at radius 2 is 1.83 bits per heavy atom. The number of hydrogen-bond acceptors (Lipinski definition) is 4. The van der Waals surface area contributed by atoms with Gasteiger partial charge in [-0.05, 0) is 27.2 Å². The van der Waals surface area contributed by atoms with E-state index >= 15 is 0 Å². The first kappa shape index (κ1) is 17.3. The molecule has 0 aromatic heterocycles. The zero-order chi connectivity index (χ0) is 14.3. The first-order valence-corrected chi connectivity index (χ1v) is 7.55. The van der Waals surface area contributed by atoms with Crippen molar-refractivity contribution in [3.8, 4) is 0 Å². The largest absolute Gasteiger partial charge is 0.465 e. The van der Waals surface area contributed by atoms with Gasteiger partial charge in [-0.25, -0.2) is 0 Å². The molecule has 0 radical (unpaired) electrons. The molecule has 0 aliphatic carbocycles. The van der Waals surface area contributed by atoms with Crippen LogP contribution in [-0.4, -0.2) is 55.8 Å². The van der Waals surface area contributed by atoms with E-state index in [9.17, 15) is 13.2 Å². The Labute approximate surface area is 110 Å². The number of carbonyl (C=O) groups excluding carboxylic acids is 1. The van der Waals surface area contributed by atoms with E-state index in [1.54, 1.807) is 20.8 Å². The molecule has 0 rings (SSSR count). The van der Waals surface area contributed by atoms with E-state index in [-0.39, 0.29) is 19.2 Å². The third-order valence-corrected chi connectivity index (χ3v) is 4.61. The molecule has 0 aliphatic heterocycles. The molecule has 0 amide bonds. The number of esters is 1. The van der Waals surface area contributed by atoms with Crippen molar-refractivity contribution in [1.29, 1.82) is 0 Å². The van der Waals surface area contributed by atoms with Crippen LogP contribution in [0.1, 0.15) is 34.1 Å². The smallest absolute Gasteiger partial charge is 0.321 e. The standard InChI is InChI=1S/C11H24N2O4S/c1-6-8-13(9-11(14)17-7-2)18(15,16)12(5)10(3)4/h10H,6-9H2,1-5H3. The molecule has 0 saturated heterocycles. The van der Waals surface area contributed by atoms with Gasteiger partial charge in [0.2, 0.25) is 0 Å². The minimum atomic E-state index is -3.61. The molecule has 0 aromatic carbocycles. The summed E-state index contributed by atoms with van der Waals surface area (Å²) in [6.07, 6.45) is 0.643. The zero-order valence-electron chi connectivity index (χ0n) is 11.8. The van der Waals surface area contributed by atoms with Gasteiger partial charge in [0.15, 0.2) is 0 Å². The molecule has 108 valence electrons. The fraction of sp³-hybridized carbons (Fsp3) is 0.909. The molecule has 0 heterocycles. The lowest BCUT2D eigenvalue weighted by Crippen LogP contribution is -2.47. The highest BCUT2D eigenvalue weighted by molar-refractivity contribution is 7.86. The highest BCUT2D eigenvalue weighted by Crippen LogP contribution is 2.10. The van der Waals surface area contributed by atoms with Crippen LogP contribution < -0.4 is 0 Å². The summed E-state index contributed by atoms with van der Waals surface area (Å²) in [4.78, 5) is 11.4. The summed E-state index contributed by atoms with van der Waals surface area (Å²) in [5, 5.41) is 0. The number of ether oxygens (including phenoxy) is 1. The Morgan fingerprint density at radius 1 is 1.28 bits per heavy atom. The first-order chi connectivity index (χ1) is 8.27. The van der Waals surface area contributed by atoms with E-state index in [0.29, 0.717) is 13.0 Å². The average molecular weight is 280 g/mol. The van der Waals surface area contributed by atoms with Gasteiger partial charge >= 0.3 is 5.97 Å². The van der Waals surface area contributed by atoms with Gasteiger partial charge in [-0.1, -0.05) is 6.92 Å². The maximum atomic E-state index is 12.2. The Kier molecular flexibility index (Phi) is 7.42. The van der Waals surface area contributed by atoms with Gasteiger partial charge in [-0.2, -0.15) is 17.0 Å². The van der Waals surface area contributed by atoms with Crippen LogP contribution in [0.5, 0.6) is 0 Å². The Balaban J connectivity index is 4.93. The van der Waals surface area contributed by atoms with Crippen LogP contribution >= 0.6 is 0 Å². The summed E-state index contributed by atoms with van der Waals surface area (Å²) in [7, 11) is -2.10. The van der Waals surface area contributed by atoms with E-state index in [1.807, 2.05) is 6.92 Å². The van der Waals surface area contributed by atoms with E-state index in [1.165, 1.54) is 11.4 Å². The van der Waals surface area contributed by atoms with Crippen LogP contribution in [-0.2, 0) is 19.7 Å². The van der Waals surface area contributed by atoms with Gasteiger partial charge in [0.1, 0.15) is 6.54 Å². The molecule has 0 spiro atoms. The van der Waals surface area contributed by atoms with Crippen molar-refractivity contribution in [3.05, 3.63) is 0 Å². The molecule has 0 fully saturated rings. The number of hydrogen-bond donors (Lipinski definition) is 0. The van der Waals surface area contributed by atoms with Crippen molar-refractivity contribution in [2.24, 2.45) is 0 Å². The molecule has 0 unspecified atom stereocenters. The predicted octanol–water partition coefficient (Wildman–Crippen LogP) is 0.847. The third-order valence-electron chi connectivity index (χ3n) is 2.50.